The van der Waals surface area contributed by atoms with E-state index in [4.69, 9.17) is 39.5 Å². The van der Waals surface area contributed by atoms with Crippen LogP contribution in [0.4, 0.5) is 0 Å². The van der Waals surface area contributed by atoms with Gasteiger partial charge >= 0.3 is 0 Å². The summed E-state index contributed by atoms with van der Waals surface area (Å²) >= 11 is 18.0. The minimum Gasteiger partial charge on any atom is -0.506 e. The van der Waals surface area contributed by atoms with Gasteiger partial charge in [-0.05, 0) is 12.1 Å². The van der Waals surface area contributed by atoms with Gasteiger partial charge in [-0.1, -0.05) is 34.8 Å². The van der Waals surface area contributed by atoms with Gasteiger partial charge in [0.15, 0.2) is 5.65 Å². The van der Waals surface area contributed by atoms with Gasteiger partial charge in [0.1, 0.15) is 11.6 Å². The van der Waals surface area contributed by atoms with Crippen molar-refractivity contribution in [2.24, 2.45) is 0 Å². The number of hydrogen-bond acceptors (Lipinski definition) is 4. The zero-order valence-corrected chi connectivity index (χ0v) is 12.9. The first-order valence-electron chi connectivity index (χ1n) is 5.79. The number of aromatic nitrogens is 3. The molecule has 0 saturated heterocycles. The van der Waals surface area contributed by atoms with Crippen molar-refractivity contribution in [2.75, 3.05) is 7.11 Å². The lowest BCUT2D eigenvalue weighted by Gasteiger charge is -2.07. The van der Waals surface area contributed by atoms with E-state index in [1.165, 1.54) is 13.2 Å². The first kappa shape index (κ1) is 14.3. The van der Waals surface area contributed by atoms with Gasteiger partial charge in [-0.25, -0.2) is 4.98 Å². The minimum absolute atomic E-state index is 0.0883. The number of hydrogen-bond donors (Lipinski definition) is 2. The summed E-state index contributed by atoms with van der Waals surface area (Å²) in [6.07, 6.45) is 0. The fraction of sp³-hybridized carbons (Fsp3) is 0.0769. The molecule has 0 bridgehead atoms. The second-order valence-corrected chi connectivity index (χ2v) is 5.38. The number of ether oxygens (including phenoxy) is 1. The molecule has 0 aliphatic heterocycles. The minimum atomic E-state index is -0.197. The summed E-state index contributed by atoms with van der Waals surface area (Å²) in [7, 11) is 1.52. The number of nitrogens with zero attached hydrogens (tertiary/aromatic N) is 2. The van der Waals surface area contributed by atoms with Crippen molar-refractivity contribution in [3.05, 3.63) is 33.3 Å². The van der Waals surface area contributed by atoms with E-state index in [2.05, 4.69) is 15.0 Å². The van der Waals surface area contributed by atoms with E-state index < -0.39 is 0 Å². The largest absolute Gasteiger partial charge is 0.506 e. The monoisotopic (exact) mass is 343 g/mol. The van der Waals surface area contributed by atoms with Gasteiger partial charge in [0.05, 0.1) is 33.3 Å². The normalized spacial score (nSPS) is 11.0. The van der Waals surface area contributed by atoms with Crippen molar-refractivity contribution < 1.29 is 9.84 Å². The number of pyridine rings is 1. The molecule has 0 radical (unpaired) electrons. The van der Waals surface area contributed by atoms with Gasteiger partial charge in [0.2, 0.25) is 5.88 Å². The summed E-state index contributed by atoms with van der Waals surface area (Å²) in [4.78, 5) is 11.5. The Morgan fingerprint density at radius 1 is 1.14 bits per heavy atom. The molecule has 2 N–H and O–H groups in total. The number of imidazole rings is 1. The Kier molecular flexibility index (Phi) is 3.57. The highest BCUT2D eigenvalue weighted by Gasteiger charge is 2.19. The van der Waals surface area contributed by atoms with E-state index >= 15 is 0 Å². The predicted molar refractivity (Wildman–Crippen MR) is 82.6 cm³/mol. The summed E-state index contributed by atoms with van der Waals surface area (Å²) in [6.45, 7) is 0. The molecule has 0 aliphatic carbocycles. The van der Waals surface area contributed by atoms with Gasteiger partial charge in [-0.2, -0.15) is 4.98 Å². The zero-order chi connectivity index (χ0) is 15.1. The average Bonchev–Trinajstić information content (AvgIpc) is 2.87. The third kappa shape index (κ3) is 2.37. The molecule has 2 heterocycles. The molecule has 21 heavy (non-hydrogen) atoms. The molecule has 5 nitrogen and oxygen atoms in total. The van der Waals surface area contributed by atoms with E-state index in [9.17, 15) is 5.11 Å². The number of H-pyrrole nitrogens is 1. The van der Waals surface area contributed by atoms with E-state index in [0.717, 1.165) is 0 Å². The molecule has 8 heteroatoms. The molecule has 1 aromatic carbocycles. The maximum absolute atomic E-state index is 10.1. The number of nitrogens with one attached hydrogen (secondary N) is 1. The lowest BCUT2D eigenvalue weighted by atomic mass is 10.2. The van der Waals surface area contributed by atoms with Crippen LogP contribution in [-0.2, 0) is 0 Å². The number of phenolic OH excluding ortho intramolecular Hbond substituents is 1. The second kappa shape index (κ2) is 5.26. The quantitative estimate of drug-likeness (QED) is 0.680. The van der Waals surface area contributed by atoms with E-state index in [1.54, 1.807) is 12.1 Å². The van der Waals surface area contributed by atoms with Gasteiger partial charge in [0, 0.05) is 6.07 Å². The fourth-order valence-corrected chi connectivity index (χ4v) is 2.61. The van der Waals surface area contributed by atoms with Crippen LogP contribution in [0.25, 0.3) is 22.6 Å². The average molecular weight is 345 g/mol. The van der Waals surface area contributed by atoms with Crippen LogP contribution in [0.3, 0.4) is 0 Å². The third-order valence-corrected chi connectivity index (χ3v) is 3.99. The van der Waals surface area contributed by atoms with E-state index in [0.29, 0.717) is 22.9 Å². The predicted octanol–water partition coefficient (Wildman–Crippen LogP) is 4.30. The Balaban J connectivity index is 2.26. The molecule has 0 aliphatic rings. The van der Waals surface area contributed by atoms with E-state index in [1.807, 2.05) is 0 Å². The molecule has 3 aromatic rings. The molecule has 108 valence electrons. The zero-order valence-electron chi connectivity index (χ0n) is 10.6. The van der Waals surface area contributed by atoms with E-state index in [-0.39, 0.29) is 26.4 Å². The SMILES string of the molecule is COc1ccc2[nH]c(-c3c(O)c(Cl)cc(Cl)c3Cl)nc2n1. The van der Waals surface area contributed by atoms with Crippen LogP contribution in [0.15, 0.2) is 18.2 Å². The molecule has 0 unspecified atom stereocenters. The van der Waals surface area contributed by atoms with Gasteiger partial charge in [-0.15, -0.1) is 0 Å². The molecule has 0 fully saturated rings. The number of benzene rings is 1. The lowest BCUT2D eigenvalue weighted by Crippen LogP contribution is -1.87. The number of phenols is 1. The van der Waals surface area contributed by atoms with Crippen LogP contribution in [0.1, 0.15) is 0 Å². The van der Waals surface area contributed by atoms with Crippen LogP contribution in [-0.4, -0.2) is 27.2 Å². The van der Waals surface area contributed by atoms with Crippen molar-refractivity contribution in [2.45, 2.75) is 0 Å². The summed E-state index contributed by atoms with van der Waals surface area (Å²) in [5.41, 5.74) is 1.32. The smallest absolute Gasteiger partial charge is 0.215 e. The number of halogens is 3. The summed E-state index contributed by atoms with van der Waals surface area (Å²) in [5.74, 6) is 0.551. The van der Waals surface area contributed by atoms with Crippen molar-refractivity contribution >= 4 is 46.0 Å². The van der Waals surface area contributed by atoms with Crippen LogP contribution < -0.4 is 4.74 Å². The highest BCUT2D eigenvalue weighted by molar-refractivity contribution is 6.45. The summed E-state index contributed by atoms with van der Waals surface area (Å²) in [5, 5.41) is 10.6. The topological polar surface area (TPSA) is 71.0 Å². The Bertz CT molecular complexity index is 822. The standard InChI is InChI=1S/C13H8Cl3N3O2/c1-21-8-3-2-7-12(18-8)19-13(17-7)9-10(16)5(14)4-6(15)11(9)20/h2-4,20H,1H3,(H,17,18,19). The van der Waals surface area contributed by atoms with Gasteiger partial charge in [-0.3, -0.25) is 0 Å². The molecule has 2 aromatic heterocycles. The van der Waals surface area contributed by atoms with Crippen LogP contribution in [0.2, 0.25) is 15.1 Å². The molecule has 0 spiro atoms. The van der Waals surface area contributed by atoms with Crippen molar-refractivity contribution in [1.29, 1.82) is 0 Å². The van der Waals surface area contributed by atoms with Crippen molar-refractivity contribution in [1.82, 2.24) is 15.0 Å². The molecule has 3 rings (SSSR count). The van der Waals surface area contributed by atoms with Crippen LogP contribution >= 0.6 is 34.8 Å². The first-order chi connectivity index (χ1) is 10.0. The van der Waals surface area contributed by atoms with Crippen molar-refractivity contribution in [3.63, 3.8) is 0 Å². The second-order valence-electron chi connectivity index (χ2n) is 4.19. The van der Waals surface area contributed by atoms with Crippen molar-refractivity contribution in [3.8, 4) is 23.0 Å². The summed E-state index contributed by atoms with van der Waals surface area (Å²) in [6, 6.07) is 4.82. The fourth-order valence-electron chi connectivity index (χ4n) is 1.91. The molecule has 0 atom stereocenters. The van der Waals surface area contributed by atoms with Crippen LogP contribution in [0.5, 0.6) is 11.6 Å². The highest BCUT2D eigenvalue weighted by atomic mass is 35.5. The highest BCUT2D eigenvalue weighted by Crippen LogP contribution is 2.43. The number of fused-ring (bicyclic) bond motifs is 1. The molecule has 0 amide bonds. The molecular formula is C13H8Cl3N3O2. The Labute approximate surface area is 134 Å². The summed E-state index contributed by atoms with van der Waals surface area (Å²) < 4.78 is 5.04. The number of aromatic hydroxyl groups is 1. The van der Waals surface area contributed by atoms with Crippen LogP contribution in [0, 0.1) is 0 Å². The number of rotatable bonds is 2. The molecule has 0 saturated carbocycles. The van der Waals surface area contributed by atoms with Gasteiger partial charge in [0.25, 0.3) is 0 Å². The third-order valence-electron chi connectivity index (χ3n) is 2.91. The Hall–Kier alpha value is -1.69. The lowest BCUT2D eigenvalue weighted by molar-refractivity contribution is 0.399. The Morgan fingerprint density at radius 2 is 1.90 bits per heavy atom. The number of aromatic amines is 1. The molecular weight excluding hydrogens is 337 g/mol. The Morgan fingerprint density at radius 3 is 2.62 bits per heavy atom. The maximum atomic E-state index is 10.1. The van der Waals surface area contributed by atoms with Gasteiger partial charge < -0.3 is 14.8 Å². The number of methoxy groups -OCH3 is 1. The first-order valence-corrected chi connectivity index (χ1v) is 6.92. The maximum Gasteiger partial charge on any atom is 0.215 e.